The van der Waals surface area contributed by atoms with Crippen LogP contribution in [-0.2, 0) is 4.79 Å². The Morgan fingerprint density at radius 2 is 1.80 bits per heavy atom. The molecule has 0 N–H and O–H groups in total. The van der Waals surface area contributed by atoms with E-state index in [9.17, 15) is 4.79 Å². The summed E-state index contributed by atoms with van der Waals surface area (Å²) < 4.78 is 0. The first-order valence-electron chi connectivity index (χ1n) is 6.00. The molecular formula is C12H24N2O. The van der Waals surface area contributed by atoms with E-state index in [0.717, 1.165) is 13.1 Å². The first-order valence-corrected chi connectivity index (χ1v) is 6.00. The van der Waals surface area contributed by atoms with Gasteiger partial charge >= 0.3 is 0 Å². The molecule has 1 aliphatic heterocycles. The molecule has 1 rings (SSSR count). The molecule has 15 heavy (non-hydrogen) atoms. The van der Waals surface area contributed by atoms with Gasteiger partial charge in [-0.05, 0) is 27.2 Å². The average Bonchev–Trinajstić information content (AvgIpc) is 2.14. The number of nitrogens with zero attached hydrogens (tertiary/aromatic N) is 2. The molecule has 1 heterocycles. The van der Waals surface area contributed by atoms with E-state index in [-0.39, 0.29) is 5.91 Å². The van der Waals surface area contributed by atoms with E-state index in [4.69, 9.17) is 0 Å². The Morgan fingerprint density at radius 1 is 1.33 bits per heavy atom. The average molecular weight is 212 g/mol. The lowest BCUT2D eigenvalue weighted by Crippen LogP contribution is -2.59. The number of amides is 1. The summed E-state index contributed by atoms with van der Waals surface area (Å²) in [5, 5.41) is 0. The van der Waals surface area contributed by atoms with Gasteiger partial charge in [-0.25, -0.2) is 0 Å². The van der Waals surface area contributed by atoms with Crippen molar-refractivity contribution < 1.29 is 4.79 Å². The maximum Gasteiger partial charge on any atom is 0.220 e. The predicted octanol–water partition coefficient (Wildman–Crippen LogP) is 1.73. The van der Waals surface area contributed by atoms with Gasteiger partial charge in [0.15, 0.2) is 0 Å². The summed E-state index contributed by atoms with van der Waals surface area (Å²) >= 11 is 0. The Labute approximate surface area is 93.4 Å². The van der Waals surface area contributed by atoms with Crippen molar-refractivity contribution in [2.45, 2.75) is 59.2 Å². The first kappa shape index (κ1) is 12.5. The molecule has 88 valence electrons. The van der Waals surface area contributed by atoms with Crippen molar-refractivity contribution in [3.8, 4) is 0 Å². The van der Waals surface area contributed by atoms with Gasteiger partial charge in [-0.2, -0.15) is 0 Å². The van der Waals surface area contributed by atoms with E-state index in [2.05, 4.69) is 32.6 Å². The van der Waals surface area contributed by atoms with Gasteiger partial charge in [-0.15, -0.1) is 0 Å². The highest BCUT2D eigenvalue weighted by Gasteiger charge is 2.32. The topological polar surface area (TPSA) is 23.6 Å². The lowest BCUT2D eigenvalue weighted by atomic mass is 10.1. The van der Waals surface area contributed by atoms with Gasteiger partial charge in [0.2, 0.25) is 5.91 Å². The minimum atomic E-state index is 0.207. The highest BCUT2D eigenvalue weighted by Crippen LogP contribution is 2.18. The van der Waals surface area contributed by atoms with Gasteiger partial charge in [0, 0.05) is 38.1 Å². The Morgan fingerprint density at radius 3 is 2.13 bits per heavy atom. The standard InChI is InChI=1S/C12H24N2O/c1-6-9(2)13-7-10(3)14(12(5)15)11(4)8-13/h9-11H,6-8H2,1-5H3/t9?,10-,11-/m0/s1. The molecule has 1 amide bonds. The van der Waals surface area contributed by atoms with Gasteiger partial charge in [0.05, 0.1) is 0 Å². The zero-order chi connectivity index (χ0) is 11.6. The van der Waals surface area contributed by atoms with Crippen LogP contribution < -0.4 is 0 Å². The van der Waals surface area contributed by atoms with Crippen LogP contribution in [0.5, 0.6) is 0 Å². The van der Waals surface area contributed by atoms with Crippen molar-refractivity contribution in [3.63, 3.8) is 0 Å². The van der Waals surface area contributed by atoms with Crippen LogP contribution in [0, 0.1) is 0 Å². The SMILES string of the molecule is CCC(C)N1C[C@H](C)N(C(C)=O)[C@@H](C)C1. The van der Waals surface area contributed by atoms with Crippen LogP contribution in [0.25, 0.3) is 0 Å². The quantitative estimate of drug-likeness (QED) is 0.696. The van der Waals surface area contributed by atoms with Crippen molar-refractivity contribution in [3.05, 3.63) is 0 Å². The van der Waals surface area contributed by atoms with Crippen LogP contribution >= 0.6 is 0 Å². The molecule has 0 aliphatic carbocycles. The molecule has 1 saturated heterocycles. The maximum atomic E-state index is 11.5. The molecule has 0 radical (unpaired) electrons. The Balaban J connectivity index is 2.66. The fourth-order valence-electron chi connectivity index (χ4n) is 2.60. The van der Waals surface area contributed by atoms with E-state index in [1.807, 2.05) is 4.90 Å². The Hall–Kier alpha value is -0.570. The molecule has 0 spiro atoms. The van der Waals surface area contributed by atoms with E-state index in [1.165, 1.54) is 6.42 Å². The Kier molecular flexibility index (Phi) is 4.14. The number of rotatable bonds is 2. The molecule has 3 nitrogen and oxygen atoms in total. The molecule has 1 aliphatic rings. The fraction of sp³-hybridized carbons (Fsp3) is 0.917. The zero-order valence-corrected chi connectivity index (χ0v) is 10.7. The van der Waals surface area contributed by atoms with Crippen LogP contribution in [0.3, 0.4) is 0 Å². The number of hydrogen-bond donors (Lipinski definition) is 0. The van der Waals surface area contributed by atoms with Crippen molar-refractivity contribution >= 4 is 5.91 Å². The fourth-order valence-corrected chi connectivity index (χ4v) is 2.60. The van der Waals surface area contributed by atoms with E-state index in [1.54, 1.807) is 6.92 Å². The predicted molar refractivity (Wildman–Crippen MR) is 62.8 cm³/mol. The normalized spacial score (nSPS) is 30.3. The molecule has 0 saturated carbocycles. The van der Waals surface area contributed by atoms with Crippen molar-refractivity contribution in [1.82, 2.24) is 9.80 Å². The van der Waals surface area contributed by atoms with Crippen LogP contribution in [0.4, 0.5) is 0 Å². The summed E-state index contributed by atoms with van der Waals surface area (Å²) in [5.74, 6) is 0.207. The second kappa shape index (κ2) is 4.97. The zero-order valence-electron chi connectivity index (χ0n) is 10.7. The van der Waals surface area contributed by atoms with Crippen LogP contribution in [0.15, 0.2) is 0 Å². The van der Waals surface area contributed by atoms with Gasteiger partial charge < -0.3 is 4.90 Å². The molecule has 0 aromatic carbocycles. The summed E-state index contributed by atoms with van der Waals surface area (Å²) in [6, 6.07) is 1.32. The third-order valence-corrected chi connectivity index (χ3v) is 3.52. The summed E-state index contributed by atoms with van der Waals surface area (Å²) in [4.78, 5) is 16.0. The highest BCUT2D eigenvalue weighted by atomic mass is 16.2. The number of carbonyl (C=O) groups excluding carboxylic acids is 1. The van der Waals surface area contributed by atoms with Crippen molar-refractivity contribution in [1.29, 1.82) is 0 Å². The summed E-state index contributed by atoms with van der Waals surface area (Å²) in [5.41, 5.74) is 0. The second-order valence-corrected chi connectivity index (χ2v) is 4.84. The molecule has 1 unspecified atom stereocenters. The monoisotopic (exact) mass is 212 g/mol. The van der Waals surface area contributed by atoms with E-state index < -0.39 is 0 Å². The highest BCUT2D eigenvalue weighted by molar-refractivity contribution is 5.74. The second-order valence-electron chi connectivity index (χ2n) is 4.84. The van der Waals surface area contributed by atoms with Crippen LogP contribution in [0.1, 0.15) is 41.0 Å². The minimum Gasteiger partial charge on any atom is -0.335 e. The molecule has 0 bridgehead atoms. The van der Waals surface area contributed by atoms with E-state index >= 15 is 0 Å². The van der Waals surface area contributed by atoms with Gasteiger partial charge in [0.1, 0.15) is 0 Å². The van der Waals surface area contributed by atoms with Crippen molar-refractivity contribution in [2.75, 3.05) is 13.1 Å². The smallest absolute Gasteiger partial charge is 0.220 e. The molecule has 3 heteroatoms. The van der Waals surface area contributed by atoms with Crippen LogP contribution in [0.2, 0.25) is 0 Å². The van der Waals surface area contributed by atoms with Gasteiger partial charge in [-0.1, -0.05) is 6.92 Å². The van der Waals surface area contributed by atoms with Gasteiger partial charge in [0.25, 0.3) is 0 Å². The third-order valence-electron chi connectivity index (χ3n) is 3.52. The summed E-state index contributed by atoms with van der Waals surface area (Å²) in [6.45, 7) is 12.5. The number of piperazine rings is 1. The van der Waals surface area contributed by atoms with Crippen molar-refractivity contribution in [2.24, 2.45) is 0 Å². The summed E-state index contributed by atoms with van der Waals surface area (Å²) in [7, 11) is 0. The minimum absolute atomic E-state index is 0.207. The lowest BCUT2D eigenvalue weighted by molar-refractivity contribution is -0.137. The number of hydrogen-bond acceptors (Lipinski definition) is 2. The Bertz CT molecular complexity index is 218. The molecule has 1 fully saturated rings. The largest absolute Gasteiger partial charge is 0.335 e. The first-order chi connectivity index (χ1) is 6.97. The third kappa shape index (κ3) is 2.71. The lowest BCUT2D eigenvalue weighted by Gasteiger charge is -2.46. The molecule has 3 atom stereocenters. The molecule has 0 aromatic rings. The summed E-state index contributed by atoms with van der Waals surface area (Å²) in [6.07, 6.45) is 1.18. The number of carbonyl (C=O) groups is 1. The molecule has 0 aromatic heterocycles. The van der Waals surface area contributed by atoms with Gasteiger partial charge in [-0.3, -0.25) is 9.69 Å². The van der Waals surface area contributed by atoms with Crippen LogP contribution in [-0.4, -0.2) is 46.9 Å². The molecular weight excluding hydrogens is 188 g/mol. The van der Waals surface area contributed by atoms with E-state index in [0.29, 0.717) is 18.1 Å². The maximum absolute atomic E-state index is 11.5.